The van der Waals surface area contributed by atoms with Gasteiger partial charge in [-0.3, -0.25) is 0 Å². The molecule has 152 valence electrons. The third kappa shape index (κ3) is 4.06. The molecule has 0 atom stereocenters. The number of furan rings is 1. The molecule has 2 heterocycles. The summed E-state index contributed by atoms with van der Waals surface area (Å²) >= 11 is 0. The first-order valence-corrected chi connectivity index (χ1v) is 9.37. The number of carbonyl (C=O) groups is 1. The van der Waals surface area contributed by atoms with Crippen LogP contribution in [0.25, 0.3) is 11.3 Å². The summed E-state index contributed by atoms with van der Waals surface area (Å²) in [5.41, 5.74) is -0.217. The van der Waals surface area contributed by atoms with Gasteiger partial charge >= 0.3 is 5.97 Å². The lowest BCUT2D eigenvalue weighted by atomic mass is 9.79. The van der Waals surface area contributed by atoms with Crippen molar-refractivity contribution in [3.05, 3.63) is 41.7 Å². The standard InChI is InChI=1S/C21H28N2O5/c1-20(2)10-14(11-21(3,4)23(20)27)22-12-15-6-8-18(28-15)13-5-7-17(24)16(9-13)19(25)26/h5-9,14,22,24,27H,10-12H2,1-4H3,(H,25,26). The molecule has 0 spiro atoms. The smallest absolute Gasteiger partial charge is 0.339 e. The lowest BCUT2D eigenvalue weighted by Crippen LogP contribution is -2.62. The average molecular weight is 388 g/mol. The number of nitrogens with one attached hydrogen (secondary N) is 1. The Morgan fingerprint density at radius 2 is 1.82 bits per heavy atom. The van der Waals surface area contributed by atoms with E-state index in [1.165, 1.54) is 17.2 Å². The minimum absolute atomic E-state index is 0.159. The van der Waals surface area contributed by atoms with Gasteiger partial charge in [-0.25, -0.2) is 4.79 Å². The molecule has 3 rings (SSSR count). The number of aromatic hydroxyl groups is 1. The van der Waals surface area contributed by atoms with Gasteiger partial charge in [0, 0.05) is 22.7 Å². The summed E-state index contributed by atoms with van der Waals surface area (Å²) in [7, 11) is 0. The number of hydroxylamine groups is 2. The van der Waals surface area contributed by atoms with Gasteiger partial charge in [0.2, 0.25) is 0 Å². The summed E-state index contributed by atoms with van der Waals surface area (Å²) < 4.78 is 5.86. The highest BCUT2D eigenvalue weighted by Gasteiger charge is 2.44. The monoisotopic (exact) mass is 388 g/mol. The van der Waals surface area contributed by atoms with Crippen molar-refractivity contribution in [1.82, 2.24) is 10.4 Å². The number of rotatable bonds is 5. The van der Waals surface area contributed by atoms with Crippen molar-refractivity contribution in [2.24, 2.45) is 0 Å². The number of benzene rings is 1. The zero-order valence-electron chi connectivity index (χ0n) is 16.7. The van der Waals surface area contributed by atoms with Crippen LogP contribution in [0.3, 0.4) is 0 Å². The van der Waals surface area contributed by atoms with E-state index in [-0.39, 0.29) is 28.4 Å². The van der Waals surface area contributed by atoms with E-state index in [4.69, 9.17) is 9.52 Å². The molecule has 4 N–H and O–H groups in total. The Hall–Kier alpha value is -2.35. The maximum Gasteiger partial charge on any atom is 0.339 e. The van der Waals surface area contributed by atoms with Crippen molar-refractivity contribution in [2.45, 2.75) is 64.2 Å². The normalized spacial score (nSPS) is 19.6. The molecular formula is C21H28N2O5. The molecule has 28 heavy (non-hydrogen) atoms. The first-order chi connectivity index (χ1) is 13.0. The highest BCUT2D eigenvalue weighted by Crippen LogP contribution is 2.37. The van der Waals surface area contributed by atoms with Crippen molar-refractivity contribution >= 4 is 5.97 Å². The van der Waals surface area contributed by atoms with Crippen LogP contribution < -0.4 is 5.32 Å². The molecule has 1 aliphatic rings. The van der Waals surface area contributed by atoms with Crippen molar-refractivity contribution < 1.29 is 24.6 Å². The van der Waals surface area contributed by atoms with Gasteiger partial charge in [0.15, 0.2) is 0 Å². The molecule has 1 aromatic carbocycles. The number of aromatic carboxylic acids is 1. The quantitative estimate of drug-likeness (QED) is 0.616. The van der Waals surface area contributed by atoms with E-state index in [0.717, 1.165) is 18.6 Å². The highest BCUT2D eigenvalue weighted by atomic mass is 16.5. The van der Waals surface area contributed by atoms with Crippen LogP contribution in [0.5, 0.6) is 5.75 Å². The Labute approximate surface area is 164 Å². The Morgan fingerprint density at radius 3 is 2.43 bits per heavy atom. The van der Waals surface area contributed by atoms with Gasteiger partial charge in [-0.15, -0.1) is 0 Å². The molecule has 2 aromatic rings. The third-order valence-corrected chi connectivity index (χ3v) is 5.38. The topological polar surface area (TPSA) is 106 Å². The van der Waals surface area contributed by atoms with E-state index >= 15 is 0 Å². The fraction of sp³-hybridized carbons (Fsp3) is 0.476. The number of phenols is 1. The minimum atomic E-state index is -1.19. The van der Waals surface area contributed by atoms with E-state index in [2.05, 4.69) is 5.32 Å². The maximum atomic E-state index is 11.2. The molecule has 0 radical (unpaired) electrons. The van der Waals surface area contributed by atoms with E-state index in [1.54, 1.807) is 12.1 Å². The van der Waals surface area contributed by atoms with Gasteiger partial charge in [-0.2, -0.15) is 5.06 Å². The number of piperidine rings is 1. The van der Waals surface area contributed by atoms with Gasteiger partial charge in [-0.05, 0) is 70.9 Å². The second kappa shape index (κ2) is 7.24. The maximum absolute atomic E-state index is 11.2. The largest absolute Gasteiger partial charge is 0.507 e. The second-order valence-corrected chi connectivity index (χ2v) is 8.73. The predicted octanol–water partition coefficient (Wildman–Crippen LogP) is 3.85. The number of hydrogen-bond acceptors (Lipinski definition) is 6. The highest BCUT2D eigenvalue weighted by molar-refractivity contribution is 5.92. The summed E-state index contributed by atoms with van der Waals surface area (Å²) in [5, 5.41) is 34.2. The molecule has 0 amide bonds. The zero-order chi connectivity index (χ0) is 20.7. The van der Waals surface area contributed by atoms with E-state index in [1.807, 2.05) is 33.8 Å². The van der Waals surface area contributed by atoms with E-state index < -0.39 is 5.97 Å². The minimum Gasteiger partial charge on any atom is -0.507 e. The molecule has 1 aromatic heterocycles. The number of carboxylic acids is 1. The van der Waals surface area contributed by atoms with Gasteiger partial charge < -0.3 is 25.2 Å². The summed E-state index contributed by atoms with van der Waals surface area (Å²) in [5.74, 6) is -0.175. The zero-order valence-corrected chi connectivity index (χ0v) is 16.7. The SMILES string of the molecule is CC1(C)CC(NCc2ccc(-c3ccc(O)c(C(=O)O)c3)o2)CC(C)(C)N1O. The van der Waals surface area contributed by atoms with Crippen LogP contribution in [-0.4, -0.2) is 43.6 Å². The molecule has 0 unspecified atom stereocenters. The van der Waals surface area contributed by atoms with Gasteiger partial charge in [0.05, 0.1) is 6.54 Å². The van der Waals surface area contributed by atoms with Crippen LogP contribution >= 0.6 is 0 Å². The lowest BCUT2D eigenvalue weighted by molar-refractivity contribution is -0.246. The molecule has 1 fully saturated rings. The van der Waals surface area contributed by atoms with Crippen molar-refractivity contribution in [1.29, 1.82) is 0 Å². The van der Waals surface area contributed by atoms with Crippen LogP contribution in [0.4, 0.5) is 0 Å². The first kappa shape index (κ1) is 20.4. The number of hydrogen-bond donors (Lipinski definition) is 4. The third-order valence-electron chi connectivity index (χ3n) is 5.38. The van der Waals surface area contributed by atoms with Crippen molar-refractivity contribution in [3.63, 3.8) is 0 Å². The van der Waals surface area contributed by atoms with Crippen LogP contribution in [0.1, 0.15) is 56.7 Å². The lowest BCUT2D eigenvalue weighted by Gasteiger charge is -2.51. The van der Waals surface area contributed by atoms with E-state index in [0.29, 0.717) is 17.9 Å². The van der Waals surface area contributed by atoms with Crippen LogP contribution in [0, 0.1) is 0 Å². The Balaban J connectivity index is 1.69. The molecule has 1 aliphatic heterocycles. The molecule has 7 heteroatoms. The summed E-state index contributed by atoms with van der Waals surface area (Å²) in [6.45, 7) is 8.64. The van der Waals surface area contributed by atoms with Gasteiger partial charge in [-0.1, -0.05) is 0 Å². The predicted molar refractivity (Wildman–Crippen MR) is 104 cm³/mol. The molecular weight excluding hydrogens is 360 g/mol. The van der Waals surface area contributed by atoms with Gasteiger partial charge in [0.1, 0.15) is 22.8 Å². The van der Waals surface area contributed by atoms with Crippen molar-refractivity contribution in [3.8, 4) is 17.1 Å². The Bertz CT molecular complexity index is 853. The Kier molecular flexibility index (Phi) is 5.27. The van der Waals surface area contributed by atoms with E-state index in [9.17, 15) is 15.1 Å². The number of nitrogens with zero attached hydrogens (tertiary/aromatic N) is 1. The number of carboxylic acid groups (broad SMARTS) is 1. The van der Waals surface area contributed by atoms with Crippen LogP contribution in [0.15, 0.2) is 34.7 Å². The summed E-state index contributed by atoms with van der Waals surface area (Å²) in [6, 6.07) is 8.25. The van der Waals surface area contributed by atoms with Crippen LogP contribution in [-0.2, 0) is 6.54 Å². The second-order valence-electron chi connectivity index (χ2n) is 8.73. The molecule has 0 bridgehead atoms. The fourth-order valence-electron chi connectivity index (χ4n) is 4.15. The summed E-state index contributed by atoms with van der Waals surface area (Å²) in [6.07, 6.45) is 1.61. The molecule has 0 aliphatic carbocycles. The molecule has 1 saturated heterocycles. The van der Waals surface area contributed by atoms with Gasteiger partial charge in [0.25, 0.3) is 0 Å². The van der Waals surface area contributed by atoms with Crippen LogP contribution in [0.2, 0.25) is 0 Å². The van der Waals surface area contributed by atoms with Crippen molar-refractivity contribution in [2.75, 3.05) is 0 Å². The first-order valence-electron chi connectivity index (χ1n) is 9.37. The summed E-state index contributed by atoms with van der Waals surface area (Å²) in [4.78, 5) is 11.2. The Morgan fingerprint density at radius 1 is 1.18 bits per heavy atom. The fourth-order valence-corrected chi connectivity index (χ4v) is 4.15. The molecule has 0 saturated carbocycles. The molecule has 7 nitrogen and oxygen atoms in total. The average Bonchev–Trinajstić information content (AvgIpc) is 3.06.